The van der Waals surface area contributed by atoms with E-state index in [0.29, 0.717) is 0 Å². The van der Waals surface area contributed by atoms with E-state index in [4.69, 9.17) is 4.43 Å². The molecule has 1 N–H and O–H groups in total. The summed E-state index contributed by atoms with van der Waals surface area (Å²) in [7, 11) is -1.78. The Morgan fingerprint density at radius 1 is 1.11 bits per heavy atom. The normalized spacial score (nSPS) is 14.1. The third-order valence-electron chi connectivity index (χ3n) is 2.19. The summed E-state index contributed by atoms with van der Waals surface area (Å²) in [6.45, 7) is 15.2. The number of allylic oxidation sites excluding steroid dienone is 1. The van der Waals surface area contributed by atoms with Crippen LogP contribution < -0.4 is 0 Å². The van der Waals surface area contributed by atoms with Crippen molar-refractivity contribution in [1.29, 1.82) is 0 Å². The van der Waals surface area contributed by atoms with Gasteiger partial charge in [-0.1, -0.05) is 20.8 Å². The zero-order chi connectivity index (χ0) is 14.1. The minimum Gasteiger partial charge on any atom is -0.512 e. The van der Waals surface area contributed by atoms with Crippen LogP contribution in [0, 0.1) is 5.41 Å². The Labute approximate surface area is 123 Å². The average molecular weight is 322 g/mol. The van der Waals surface area contributed by atoms with E-state index in [-0.39, 0.29) is 28.6 Å². The second-order valence-corrected chi connectivity index (χ2v) is 11.3. The fraction of sp³-hybridized carbons (Fsp3) is 0.769. The minimum absolute atomic E-state index is 0. The molecule has 3 nitrogen and oxygen atoms in total. The van der Waals surface area contributed by atoms with Crippen LogP contribution in [0.15, 0.2) is 11.8 Å². The summed E-state index contributed by atoms with van der Waals surface area (Å²) < 4.78 is 5.83. The van der Waals surface area contributed by atoms with E-state index in [1.807, 2.05) is 40.4 Å². The van der Waals surface area contributed by atoms with Crippen LogP contribution in [0.1, 0.15) is 34.6 Å². The number of rotatable bonds is 4. The first-order valence-corrected chi connectivity index (χ1v) is 9.32. The molecule has 0 fully saturated rings. The maximum Gasteiger partial charge on any atom is 0.189 e. The van der Waals surface area contributed by atoms with Crippen molar-refractivity contribution in [3.8, 4) is 0 Å². The maximum atomic E-state index is 12.1. The molecule has 1 radical (unpaired) electrons. The van der Waals surface area contributed by atoms with E-state index in [1.54, 1.807) is 13.8 Å². The summed E-state index contributed by atoms with van der Waals surface area (Å²) in [6, 6.07) is 0. The van der Waals surface area contributed by atoms with Gasteiger partial charge >= 0.3 is 0 Å². The first-order chi connectivity index (χ1) is 7.26. The molecule has 0 heterocycles. The molecule has 5 heteroatoms. The molecule has 0 rings (SSSR count). The molecule has 18 heavy (non-hydrogen) atoms. The molecule has 0 aromatic heterocycles. The standard InChI is InChI=1S/C13H26O3Si.Cu/c1-12(2,3)10(14)9-11(15)13(4,5)16-17(6,7)8;/h9,14H,1-8H3;/b10-9-;. The molecule has 0 aliphatic rings. The Morgan fingerprint density at radius 2 is 1.50 bits per heavy atom. The first kappa shape index (κ1) is 20.2. The van der Waals surface area contributed by atoms with Crippen LogP contribution in [0.25, 0.3) is 0 Å². The van der Waals surface area contributed by atoms with Crippen molar-refractivity contribution in [3.05, 3.63) is 11.8 Å². The summed E-state index contributed by atoms with van der Waals surface area (Å²) in [4.78, 5) is 12.1. The molecule has 0 spiro atoms. The van der Waals surface area contributed by atoms with Crippen LogP contribution in [-0.2, 0) is 26.3 Å². The molecule has 0 saturated carbocycles. The van der Waals surface area contributed by atoms with Crippen molar-refractivity contribution in [1.82, 2.24) is 0 Å². The largest absolute Gasteiger partial charge is 0.512 e. The van der Waals surface area contributed by atoms with Gasteiger partial charge < -0.3 is 9.53 Å². The number of carbonyl (C=O) groups is 1. The molecule has 0 amide bonds. The quantitative estimate of drug-likeness (QED) is 0.488. The number of aliphatic hydroxyl groups is 1. The molecular formula is C13H26CuO3Si. The number of hydrogen-bond donors (Lipinski definition) is 1. The molecule has 0 bridgehead atoms. The molecule has 0 aromatic rings. The predicted octanol–water partition coefficient (Wildman–Crippen LogP) is 3.67. The van der Waals surface area contributed by atoms with Gasteiger partial charge in [-0.15, -0.1) is 0 Å². The Hall–Kier alpha value is -0.0936. The minimum atomic E-state index is -1.78. The summed E-state index contributed by atoms with van der Waals surface area (Å²) in [5.41, 5.74) is -1.28. The van der Waals surface area contributed by atoms with E-state index in [0.717, 1.165) is 0 Å². The Kier molecular flexibility index (Phi) is 7.16. The van der Waals surface area contributed by atoms with Crippen LogP contribution in [0.5, 0.6) is 0 Å². The van der Waals surface area contributed by atoms with Gasteiger partial charge in [-0.2, -0.15) is 0 Å². The monoisotopic (exact) mass is 321 g/mol. The molecule has 0 unspecified atom stereocenters. The van der Waals surface area contributed by atoms with Gasteiger partial charge in [0.25, 0.3) is 0 Å². The van der Waals surface area contributed by atoms with Gasteiger partial charge in [0.05, 0.1) is 0 Å². The SMILES string of the molecule is CC(C)(O[Si](C)(C)C)C(=O)/C=C(\O)C(C)(C)C.[Cu]. The summed E-state index contributed by atoms with van der Waals surface area (Å²) in [5, 5.41) is 9.81. The molecule has 0 aromatic carbocycles. The molecule has 0 aliphatic heterocycles. The van der Waals surface area contributed by atoms with Gasteiger partial charge in [0.1, 0.15) is 11.4 Å². The van der Waals surface area contributed by atoms with Crippen LogP contribution >= 0.6 is 0 Å². The smallest absolute Gasteiger partial charge is 0.189 e. The van der Waals surface area contributed by atoms with Gasteiger partial charge in [-0.05, 0) is 33.5 Å². The molecule has 0 aliphatic carbocycles. The molecular weight excluding hydrogens is 296 g/mol. The number of hydrogen-bond acceptors (Lipinski definition) is 3. The second kappa shape index (κ2) is 6.37. The van der Waals surface area contributed by atoms with E-state index < -0.39 is 19.3 Å². The summed E-state index contributed by atoms with van der Waals surface area (Å²) in [6.07, 6.45) is 1.29. The fourth-order valence-corrected chi connectivity index (χ4v) is 2.96. The van der Waals surface area contributed by atoms with Crippen LogP contribution in [-0.4, -0.2) is 24.8 Å². The first-order valence-electron chi connectivity index (χ1n) is 5.91. The number of aliphatic hydroxyl groups excluding tert-OH is 1. The van der Waals surface area contributed by atoms with Crippen molar-refractivity contribution in [2.24, 2.45) is 5.41 Å². The summed E-state index contributed by atoms with van der Waals surface area (Å²) in [5.74, 6) is -0.0953. The van der Waals surface area contributed by atoms with Gasteiger partial charge in [-0.25, -0.2) is 0 Å². The fourth-order valence-electron chi connectivity index (χ4n) is 1.33. The Balaban J connectivity index is 0. The van der Waals surface area contributed by atoms with Crippen molar-refractivity contribution in [2.45, 2.75) is 59.9 Å². The summed E-state index contributed by atoms with van der Waals surface area (Å²) >= 11 is 0. The van der Waals surface area contributed by atoms with Crippen LogP contribution in [0.2, 0.25) is 19.6 Å². The third-order valence-corrected chi connectivity index (χ3v) is 3.31. The third kappa shape index (κ3) is 7.37. The van der Waals surface area contributed by atoms with E-state index in [9.17, 15) is 9.90 Å². The maximum absolute atomic E-state index is 12.1. The Bertz CT molecular complexity index is 322. The topological polar surface area (TPSA) is 46.5 Å². The molecule has 0 atom stereocenters. The average Bonchev–Trinajstić information content (AvgIpc) is 1.96. The predicted molar refractivity (Wildman–Crippen MR) is 73.7 cm³/mol. The van der Waals surface area contributed by atoms with Gasteiger partial charge in [0.2, 0.25) is 0 Å². The zero-order valence-corrected chi connectivity index (χ0v) is 14.6. The zero-order valence-electron chi connectivity index (χ0n) is 12.6. The van der Waals surface area contributed by atoms with Crippen LogP contribution in [0.4, 0.5) is 0 Å². The van der Waals surface area contributed by atoms with Crippen LogP contribution in [0.3, 0.4) is 0 Å². The van der Waals surface area contributed by atoms with E-state index in [2.05, 4.69) is 0 Å². The van der Waals surface area contributed by atoms with Crippen molar-refractivity contribution < 1.29 is 31.4 Å². The van der Waals surface area contributed by atoms with E-state index in [1.165, 1.54) is 6.08 Å². The van der Waals surface area contributed by atoms with E-state index >= 15 is 0 Å². The van der Waals surface area contributed by atoms with Crippen molar-refractivity contribution in [2.75, 3.05) is 0 Å². The Morgan fingerprint density at radius 3 is 1.78 bits per heavy atom. The number of carbonyl (C=O) groups excluding carboxylic acids is 1. The van der Waals surface area contributed by atoms with Gasteiger partial charge in [-0.3, -0.25) is 4.79 Å². The van der Waals surface area contributed by atoms with Crippen molar-refractivity contribution in [3.63, 3.8) is 0 Å². The van der Waals surface area contributed by atoms with Gasteiger partial charge in [0.15, 0.2) is 14.1 Å². The second-order valence-electron chi connectivity index (χ2n) is 6.87. The number of ketones is 1. The molecule has 0 saturated heterocycles. The van der Waals surface area contributed by atoms with Crippen molar-refractivity contribution >= 4 is 14.1 Å². The van der Waals surface area contributed by atoms with Gasteiger partial charge in [0, 0.05) is 28.6 Å². The molecule has 111 valence electrons.